The Morgan fingerprint density at radius 1 is 1.00 bits per heavy atom. The molecule has 0 saturated carbocycles. The lowest BCUT2D eigenvalue weighted by Gasteiger charge is -2.17. The summed E-state index contributed by atoms with van der Waals surface area (Å²) in [6.07, 6.45) is 1.58. The molecule has 0 radical (unpaired) electrons. The molecule has 0 fully saturated rings. The van der Waals surface area contributed by atoms with Gasteiger partial charge in [0.2, 0.25) is 0 Å². The van der Waals surface area contributed by atoms with Gasteiger partial charge in [0.05, 0.1) is 0 Å². The SMILES string of the molecule is CCC(NCCc1cc(F)cc(F)c1)c1ccccc1. The molecule has 1 atom stereocenters. The van der Waals surface area contributed by atoms with Gasteiger partial charge >= 0.3 is 0 Å². The maximum atomic E-state index is 13.1. The summed E-state index contributed by atoms with van der Waals surface area (Å²) >= 11 is 0. The zero-order chi connectivity index (χ0) is 14.4. The van der Waals surface area contributed by atoms with Crippen LogP contribution < -0.4 is 5.32 Å². The van der Waals surface area contributed by atoms with Crippen LogP contribution in [0.25, 0.3) is 0 Å². The summed E-state index contributed by atoms with van der Waals surface area (Å²) in [7, 11) is 0. The Kier molecular flexibility index (Phi) is 5.24. The summed E-state index contributed by atoms with van der Waals surface area (Å²) in [4.78, 5) is 0. The van der Waals surface area contributed by atoms with Gasteiger partial charge in [-0.25, -0.2) is 8.78 Å². The lowest BCUT2D eigenvalue weighted by atomic mass is 10.0. The van der Waals surface area contributed by atoms with E-state index in [1.54, 1.807) is 0 Å². The third-order valence-electron chi connectivity index (χ3n) is 3.34. The van der Waals surface area contributed by atoms with Crippen molar-refractivity contribution < 1.29 is 8.78 Å². The van der Waals surface area contributed by atoms with Crippen molar-refractivity contribution in [1.29, 1.82) is 0 Å². The molecule has 1 unspecified atom stereocenters. The largest absolute Gasteiger partial charge is 0.310 e. The normalized spacial score (nSPS) is 12.3. The number of hydrogen-bond acceptors (Lipinski definition) is 1. The molecule has 0 aromatic heterocycles. The van der Waals surface area contributed by atoms with Crippen molar-refractivity contribution in [2.24, 2.45) is 0 Å². The fraction of sp³-hybridized carbons (Fsp3) is 0.294. The molecule has 2 rings (SSSR count). The van der Waals surface area contributed by atoms with Crippen LogP contribution in [0.4, 0.5) is 8.78 Å². The number of rotatable bonds is 6. The van der Waals surface area contributed by atoms with Gasteiger partial charge in [-0.2, -0.15) is 0 Å². The molecule has 0 heterocycles. The standard InChI is InChI=1S/C17H19F2N/c1-2-17(14-6-4-3-5-7-14)20-9-8-13-10-15(18)12-16(19)11-13/h3-7,10-12,17,20H,2,8-9H2,1H3. The van der Waals surface area contributed by atoms with E-state index in [9.17, 15) is 8.78 Å². The molecule has 2 aromatic carbocycles. The minimum atomic E-state index is -0.518. The first-order chi connectivity index (χ1) is 9.69. The third kappa shape index (κ3) is 4.14. The Hall–Kier alpha value is -1.74. The van der Waals surface area contributed by atoms with Crippen LogP contribution in [0.1, 0.15) is 30.5 Å². The molecule has 0 aliphatic carbocycles. The fourth-order valence-corrected chi connectivity index (χ4v) is 2.33. The summed E-state index contributed by atoms with van der Waals surface area (Å²) < 4.78 is 26.2. The summed E-state index contributed by atoms with van der Waals surface area (Å²) in [6.45, 7) is 2.81. The van der Waals surface area contributed by atoms with Gasteiger partial charge in [0, 0.05) is 12.1 Å². The van der Waals surface area contributed by atoms with Crippen LogP contribution >= 0.6 is 0 Å². The summed E-state index contributed by atoms with van der Waals surface area (Å²) in [5.41, 5.74) is 1.92. The molecule has 0 saturated heterocycles. The molecular formula is C17H19F2N. The van der Waals surface area contributed by atoms with Gasteiger partial charge in [0.25, 0.3) is 0 Å². The fourth-order valence-electron chi connectivity index (χ4n) is 2.33. The predicted octanol–water partition coefficient (Wildman–Crippen LogP) is 4.25. The van der Waals surface area contributed by atoms with Crippen molar-refractivity contribution in [2.75, 3.05) is 6.54 Å². The summed E-state index contributed by atoms with van der Waals surface area (Å²) in [6, 6.07) is 14.1. The van der Waals surface area contributed by atoms with Gasteiger partial charge in [-0.1, -0.05) is 37.3 Å². The molecule has 20 heavy (non-hydrogen) atoms. The molecule has 1 N–H and O–H groups in total. The minimum absolute atomic E-state index is 0.273. The van der Waals surface area contributed by atoms with Crippen molar-refractivity contribution in [3.05, 3.63) is 71.3 Å². The zero-order valence-corrected chi connectivity index (χ0v) is 11.6. The van der Waals surface area contributed by atoms with E-state index in [-0.39, 0.29) is 6.04 Å². The number of nitrogens with one attached hydrogen (secondary N) is 1. The highest BCUT2D eigenvalue weighted by atomic mass is 19.1. The van der Waals surface area contributed by atoms with Crippen LogP contribution in [-0.4, -0.2) is 6.54 Å². The number of hydrogen-bond donors (Lipinski definition) is 1. The third-order valence-corrected chi connectivity index (χ3v) is 3.34. The second kappa shape index (κ2) is 7.15. The van der Waals surface area contributed by atoms with Crippen molar-refractivity contribution in [3.63, 3.8) is 0 Å². The van der Waals surface area contributed by atoms with E-state index in [4.69, 9.17) is 0 Å². The maximum Gasteiger partial charge on any atom is 0.126 e. The molecule has 2 aromatic rings. The smallest absolute Gasteiger partial charge is 0.126 e. The molecule has 0 aliphatic heterocycles. The second-order valence-corrected chi connectivity index (χ2v) is 4.85. The first kappa shape index (κ1) is 14.7. The maximum absolute atomic E-state index is 13.1. The Labute approximate surface area is 118 Å². The molecule has 1 nitrogen and oxygen atoms in total. The Morgan fingerprint density at radius 2 is 1.65 bits per heavy atom. The molecule has 3 heteroatoms. The minimum Gasteiger partial charge on any atom is -0.310 e. The average Bonchev–Trinajstić information content (AvgIpc) is 2.43. The summed E-state index contributed by atoms with van der Waals surface area (Å²) in [5, 5.41) is 3.43. The van der Waals surface area contributed by atoms with Crippen molar-refractivity contribution >= 4 is 0 Å². The van der Waals surface area contributed by atoms with Gasteiger partial charge in [-0.3, -0.25) is 0 Å². The topological polar surface area (TPSA) is 12.0 Å². The van der Waals surface area contributed by atoms with E-state index in [1.807, 2.05) is 18.2 Å². The van der Waals surface area contributed by atoms with E-state index in [1.165, 1.54) is 17.7 Å². The zero-order valence-electron chi connectivity index (χ0n) is 11.6. The first-order valence-electron chi connectivity index (χ1n) is 6.92. The summed E-state index contributed by atoms with van der Waals surface area (Å²) in [5.74, 6) is -1.04. The molecule has 0 bridgehead atoms. The monoisotopic (exact) mass is 275 g/mol. The van der Waals surface area contributed by atoms with Crippen molar-refractivity contribution in [2.45, 2.75) is 25.8 Å². The highest BCUT2D eigenvalue weighted by Crippen LogP contribution is 2.16. The van der Waals surface area contributed by atoms with E-state index in [2.05, 4.69) is 24.4 Å². The molecule has 106 valence electrons. The lowest BCUT2D eigenvalue weighted by Crippen LogP contribution is -2.23. The van der Waals surface area contributed by atoms with Crippen LogP contribution in [0.2, 0.25) is 0 Å². The molecule has 0 aliphatic rings. The highest BCUT2D eigenvalue weighted by Gasteiger charge is 2.08. The van der Waals surface area contributed by atoms with Crippen molar-refractivity contribution in [3.8, 4) is 0 Å². The number of halogens is 2. The predicted molar refractivity (Wildman–Crippen MR) is 77.5 cm³/mol. The Balaban J connectivity index is 1.91. The molecule has 0 spiro atoms. The molecule has 0 amide bonds. The van der Waals surface area contributed by atoms with Crippen LogP contribution in [0, 0.1) is 11.6 Å². The van der Waals surface area contributed by atoms with Gasteiger partial charge in [-0.15, -0.1) is 0 Å². The van der Waals surface area contributed by atoms with Gasteiger partial charge < -0.3 is 5.32 Å². The van der Waals surface area contributed by atoms with Gasteiger partial charge in [-0.05, 0) is 42.6 Å². The Morgan fingerprint density at radius 3 is 2.25 bits per heavy atom. The van der Waals surface area contributed by atoms with E-state index in [0.717, 1.165) is 12.5 Å². The van der Waals surface area contributed by atoms with Crippen LogP contribution in [0.5, 0.6) is 0 Å². The first-order valence-corrected chi connectivity index (χ1v) is 6.92. The van der Waals surface area contributed by atoms with Gasteiger partial charge in [0.15, 0.2) is 0 Å². The molecular weight excluding hydrogens is 256 g/mol. The van der Waals surface area contributed by atoms with E-state index in [0.29, 0.717) is 18.5 Å². The number of benzene rings is 2. The van der Waals surface area contributed by atoms with E-state index < -0.39 is 11.6 Å². The van der Waals surface area contributed by atoms with Crippen LogP contribution in [0.3, 0.4) is 0 Å². The Bertz CT molecular complexity index is 520. The lowest BCUT2D eigenvalue weighted by molar-refractivity contribution is 0.520. The highest BCUT2D eigenvalue weighted by molar-refractivity contribution is 5.20. The van der Waals surface area contributed by atoms with E-state index >= 15 is 0 Å². The average molecular weight is 275 g/mol. The van der Waals surface area contributed by atoms with Gasteiger partial charge in [0.1, 0.15) is 11.6 Å². The quantitative estimate of drug-likeness (QED) is 0.831. The van der Waals surface area contributed by atoms with Crippen molar-refractivity contribution in [1.82, 2.24) is 5.32 Å². The van der Waals surface area contributed by atoms with Crippen LogP contribution in [-0.2, 0) is 6.42 Å². The van der Waals surface area contributed by atoms with Crippen LogP contribution in [0.15, 0.2) is 48.5 Å². The second-order valence-electron chi connectivity index (χ2n) is 4.85.